The molecule has 2 saturated heterocycles. The summed E-state index contributed by atoms with van der Waals surface area (Å²) in [6.45, 7) is 4.56. The number of nitrogens with zero attached hydrogens (tertiary/aromatic N) is 2. The summed E-state index contributed by atoms with van der Waals surface area (Å²) in [5, 5.41) is 0. The standard InChI is InChI=1S/C14H18BrN3S/c15-11-4-1-5-12(13(11)14(16)19)18-8-7-17-6-2-3-10(17)9-18/h1,4-5,10H,2-3,6-9H2,(H2,16,19). The van der Waals surface area contributed by atoms with Crippen LogP contribution in [0.2, 0.25) is 0 Å². The highest BCUT2D eigenvalue weighted by atomic mass is 79.9. The number of thiocarbonyl (C=S) groups is 1. The van der Waals surface area contributed by atoms with Gasteiger partial charge in [-0.1, -0.05) is 18.3 Å². The first-order chi connectivity index (χ1) is 9.16. The maximum atomic E-state index is 5.89. The van der Waals surface area contributed by atoms with Gasteiger partial charge in [0.1, 0.15) is 4.99 Å². The number of halogens is 1. The van der Waals surface area contributed by atoms with Gasteiger partial charge in [0.2, 0.25) is 0 Å². The highest BCUT2D eigenvalue weighted by Crippen LogP contribution is 2.31. The molecule has 0 spiro atoms. The van der Waals surface area contributed by atoms with Crippen LogP contribution in [0, 0.1) is 0 Å². The molecule has 0 bridgehead atoms. The molecule has 0 aromatic heterocycles. The Hall–Kier alpha value is -0.650. The highest BCUT2D eigenvalue weighted by molar-refractivity contribution is 9.10. The Morgan fingerprint density at radius 2 is 2.16 bits per heavy atom. The molecule has 0 aliphatic carbocycles. The van der Waals surface area contributed by atoms with Crippen molar-refractivity contribution in [2.75, 3.05) is 31.1 Å². The molecule has 1 atom stereocenters. The normalized spacial score (nSPS) is 23.4. The Labute approximate surface area is 127 Å². The zero-order valence-corrected chi connectivity index (χ0v) is 13.2. The molecule has 0 saturated carbocycles. The minimum atomic E-state index is 0.469. The van der Waals surface area contributed by atoms with Gasteiger partial charge in [-0.15, -0.1) is 0 Å². The topological polar surface area (TPSA) is 32.5 Å². The summed E-state index contributed by atoms with van der Waals surface area (Å²) in [7, 11) is 0. The van der Waals surface area contributed by atoms with Crippen LogP contribution in [0.1, 0.15) is 18.4 Å². The molecule has 1 aromatic carbocycles. The molecule has 2 aliphatic heterocycles. The predicted molar refractivity (Wildman–Crippen MR) is 86.8 cm³/mol. The number of fused-ring (bicyclic) bond motifs is 1. The van der Waals surface area contributed by atoms with Crippen molar-refractivity contribution in [1.82, 2.24) is 4.90 Å². The van der Waals surface area contributed by atoms with Crippen molar-refractivity contribution in [1.29, 1.82) is 0 Å². The molecular weight excluding hydrogens is 322 g/mol. The van der Waals surface area contributed by atoms with Gasteiger partial charge in [-0.2, -0.15) is 0 Å². The maximum Gasteiger partial charge on any atom is 0.107 e. The quantitative estimate of drug-likeness (QED) is 0.838. The van der Waals surface area contributed by atoms with E-state index < -0.39 is 0 Å². The third kappa shape index (κ3) is 2.51. The summed E-state index contributed by atoms with van der Waals surface area (Å²) in [6, 6.07) is 6.89. The number of piperazine rings is 1. The molecule has 0 amide bonds. The second-order valence-electron chi connectivity index (χ2n) is 5.28. The third-order valence-electron chi connectivity index (χ3n) is 4.17. The molecular formula is C14H18BrN3S. The Morgan fingerprint density at radius 1 is 1.32 bits per heavy atom. The van der Waals surface area contributed by atoms with E-state index in [1.165, 1.54) is 25.1 Å². The van der Waals surface area contributed by atoms with E-state index in [0.717, 1.165) is 29.7 Å². The van der Waals surface area contributed by atoms with Crippen molar-refractivity contribution >= 4 is 38.8 Å². The zero-order chi connectivity index (χ0) is 13.4. The Kier molecular flexibility index (Phi) is 3.78. The fraction of sp³-hybridized carbons (Fsp3) is 0.500. The van der Waals surface area contributed by atoms with Crippen LogP contribution in [0.15, 0.2) is 22.7 Å². The first kappa shape index (κ1) is 13.3. The Balaban J connectivity index is 1.90. The summed E-state index contributed by atoms with van der Waals surface area (Å²) >= 11 is 8.78. The molecule has 102 valence electrons. The molecule has 5 heteroatoms. The van der Waals surface area contributed by atoms with E-state index in [4.69, 9.17) is 18.0 Å². The minimum absolute atomic E-state index is 0.469. The molecule has 19 heavy (non-hydrogen) atoms. The van der Waals surface area contributed by atoms with Crippen LogP contribution in [0.4, 0.5) is 5.69 Å². The monoisotopic (exact) mass is 339 g/mol. The summed E-state index contributed by atoms with van der Waals surface area (Å²) in [5.41, 5.74) is 8.04. The number of anilines is 1. The lowest BCUT2D eigenvalue weighted by molar-refractivity contribution is 0.231. The molecule has 2 aliphatic rings. The SMILES string of the molecule is NC(=S)c1c(Br)cccc1N1CCN2CCCC2C1. The van der Waals surface area contributed by atoms with Crippen LogP contribution in [-0.2, 0) is 0 Å². The van der Waals surface area contributed by atoms with Gasteiger partial charge in [0.25, 0.3) is 0 Å². The minimum Gasteiger partial charge on any atom is -0.389 e. The van der Waals surface area contributed by atoms with E-state index >= 15 is 0 Å². The third-order valence-corrected chi connectivity index (χ3v) is 5.03. The van der Waals surface area contributed by atoms with Gasteiger partial charge < -0.3 is 10.6 Å². The fourth-order valence-corrected chi connectivity index (χ4v) is 4.15. The summed E-state index contributed by atoms with van der Waals surface area (Å²) < 4.78 is 0.992. The van der Waals surface area contributed by atoms with Crippen LogP contribution in [0.5, 0.6) is 0 Å². The number of hydrogen-bond donors (Lipinski definition) is 1. The predicted octanol–water partition coefficient (Wildman–Crippen LogP) is 2.37. The van der Waals surface area contributed by atoms with E-state index in [1.54, 1.807) is 0 Å². The lowest BCUT2D eigenvalue weighted by atomic mass is 10.1. The van der Waals surface area contributed by atoms with Crippen molar-refractivity contribution in [3.8, 4) is 0 Å². The number of nitrogens with two attached hydrogens (primary N) is 1. The molecule has 3 rings (SSSR count). The van der Waals surface area contributed by atoms with Gasteiger partial charge in [-0.25, -0.2) is 0 Å². The van der Waals surface area contributed by atoms with Crippen molar-refractivity contribution in [2.24, 2.45) is 5.73 Å². The Morgan fingerprint density at radius 3 is 2.95 bits per heavy atom. The molecule has 2 N–H and O–H groups in total. The second-order valence-corrected chi connectivity index (χ2v) is 6.57. The van der Waals surface area contributed by atoms with Crippen LogP contribution in [-0.4, -0.2) is 42.1 Å². The lowest BCUT2D eigenvalue weighted by Crippen LogP contribution is -2.50. The maximum absolute atomic E-state index is 5.89. The van der Waals surface area contributed by atoms with E-state index in [-0.39, 0.29) is 0 Å². The number of hydrogen-bond acceptors (Lipinski definition) is 3. The molecule has 2 fully saturated rings. The van der Waals surface area contributed by atoms with Crippen molar-refractivity contribution in [2.45, 2.75) is 18.9 Å². The molecule has 3 nitrogen and oxygen atoms in total. The van der Waals surface area contributed by atoms with Crippen LogP contribution in [0.3, 0.4) is 0 Å². The van der Waals surface area contributed by atoms with E-state index in [2.05, 4.69) is 37.9 Å². The lowest BCUT2D eigenvalue weighted by Gasteiger charge is -2.39. The van der Waals surface area contributed by atoms with Gasteiger partial charge in [-0.3, -0.25) is 4.90 Å². The van der Waals surface area contributed by atoms with Gasteiger partial charge >= 0.3 is 0 Å². The molecule has 0 radical (unpaired) electrons. The largest absolute Gasteiger partial charge is 0.389 e. The summed E-state index contributed by atoms with van der Waals surface area (Å²) in [4.78, 5) is 5.51. The molecule has 2 heterocycles. The van der Waals surface area contributed by atoms with E-state index in [9.17, 15) is 0 Å². The zero-order valence-electron chi connectivity index (χ0n) is 10.8. The van der Waals surface area contributed by atoms with Crippen molar-refractivity contribution in [3.63, 3.8) is 0 Å². The number of rotatable bonds is 2. The van der Waals surface area contributed by atoms with Crippen LogP contribution >= 0.6 is 28.1 Å². The fourth-order valence-electron chi connectivity index (χ4n) is 3.23. The average Bonchev–Trinajstić information content (AvgIpc) is 2.85. The summed E-state index contributed by atoms with van der Waals surface area (Å²) in [6.07, 6.45) is 2.64. The first-order valence-electron chi connectivity index (χ1n) is 6.74. The highest BCUT2D eigenvalue weighted by Gasteiger charge is 2.31. The number of benzene rings is 1. The Bertz CT molecular complexity index is 505. The second kappa shape index (κ2) is 5.38. The van der Waals surface area contributed by atoms with Gasteiger partial charge in [0.05, 0.1) is 0 Å². The van der Waals surface area contributed by atoms with Gasteiger partial charge in [0, 0.05) is 41.4 Å². The van der Waals surface area contributed by atoms with Gasteiger partial charge in [-0.05, 0) is 47.4 Å². The molecule has 1 aromatic rings. The van der Waals surface area contributed by atoms with Gasteiger partial charge in [0.15, 0.2) is 0 Å². The average molecular weight is 340 g/mol. The first-order valence-corrected chi connectivity index (χ1v) is 7.94. The van der Waals surface area contributed by atoms with Crippen molar-refractivity contribution in [3.05, 3.63) is 28.2 Å². The van der Waals surface area contributed by atoms with Crippen molar-refractivity contribution < 1.29 is 0 Å². The molecule has 1 unspecified atom stereocenters. The van der Waals surface area contributed by atoms with Crippen LogP contribution < -0.4 is 10.6 Å². The summed E-state index contributed by atoms with van der Waals surface area (Å²) in [5.74, 6) is 0. The van der Waals surface area contributed by atoms with Crippen LogP contribution in [0.25, 0.3) is 0 Å². The smallest absolute Gasteiger partial charge is 0.107 e. The van der Waals surface area contributed by atoms with E-state index in [1.807, 2.05) is 6.07 Å². The van der Waals surface area contributed by atoms with E-state index in [0.29, 0.717) is 11.0 Å².